The highest BCUT2D eigenvalue weighted by atomic mass is 79.9. The van der Waals surface area contributed by atoms with Crippen molar-refractivity contribution in [1.29, 1.82) is 0 Å². The van der Waals surface area contributed by atoms with Gasteiger partial charge in [0.25, 0.3) is 11.6 Å². The second-order valence-corrected chi connectivity index (χ2v) is 4.42. The number of carboxylic acids is 1. The summed E-state index contributed by atoms with van der Waals surface area (Å²) in [6.45, 7) is -0.781. The SMILES string of the molecule is O=C(NC(CO)C(=O)O)c1cc(Br)cc([N+](=O)[O-])c1. The summed E-state index contributed by atoms with van der Waals surface area (Å²) in [6, 6.07) is 2.05. The highest BCUT2D eigenvalue weighted by molar-refractivity contribution is 9.10. The minimum absolute atomic E-state index is 0.0826. The Morgan fingerprint density at radius 3 is 2.53 bits per heavy atom. The second kappa shape index (κ2) is 6.25. The van der Waals surface area contributed by atoms with Crippen molar-refractivity contribution in [1.82, 2.24) is 5.32 Å². The monoisotopic (exact) mass is 332 g/mol. The molecule has 0 bridgehead atoms. The van der Waals surface area contributed by atoms with Crippen molar-refractivity contribution in [2.45, 2.75) is 6.04 Å². The number of amides is 1. The van der Waals surface area contributed by atoms with Gasteiger partial charge in [0.2, 0.25) is 0 Å². The molecule has 0 aliphatic carbocycles. The molecule has 0 aliphatic heterocycles. The Hall–Kier alpha value is -2.00. The number of aliphatic hydroxyl groups is 1. The minimum Gasteiger partial charge on any atom is -0.480 e. The summed E-state index contributed by atoms with van der Waals surface area (Å²) in [5, 5.41) is 30.1. The van der Waals surface area contributed by atoms with Gasteiger partial charge in [0.05, 0.1) is 11.5 Å². The van der Waals surface area contributed by atoms with Crippen LogP contribution in [-0.2, 0) is 4.79 Å². The number of carbonyl (C=O) groups excluding carboxylic acids is 1. The van der Waals surface area contributed by atoms with E-state index < -0.39 is 29.4 Å². The summed E-state index contributed by atoms with van der Waals surface area (Å²) in [6.07, 6.45) is 0. The Bertz CT molecular complexity index is 533. The van der Waals surface area contributed by atoms with Crippen LogP contribution < -0.4 is 5.32 Å². The van der Waals surface area contributed by atoms with Crippen molar-refractivity contribution >= 4 is 33.5 Å². The van der Waals surface area contributed by atoms with E-state index in [1.165, 1.54) is 12.1 Å². The lowest BCUT2D eigenvalue weighted by atomic mass is 10.1. The zero-order valence-corrected chi connectivity index (χ0v) is 11.0. The fourth-order valence-corrected chi connectivity index (χ4v) is 1.72. The maximum Gasteiger partial charge on any atom is 0.328 e. The predicted molar refractivity (Wildman–Crippen MR) is 66.8 cm³/mol. The second-order valence-electron chi connectivity index (χ2n) is 3.50. The van der Waals surface area contributed by atoms with Crippen LogP contribution in [0.5, 0.6) is 0 Å². The predicted octanol–water partition coefficient (Wildman–Crippen LogP) is 0.533. The number of nitrogens with one attached hydrogen (secondary N) is 1. The average Bonchev–Trinajstić information content (AvgIpc) is 2.34. The number of carboxylic acid groups (broad SMARTS) is 1. The number of aliphatic carboxylic acids is 1. The van der Waals surface area contributed by atoms with Crippen molar-refractivity contribution < 1.29 is 24.7 Å². The molecule has 0 aromatic heterocycles. The molecule has 1 aromatic rings. The van der Waals surface area contributed by atoms with E-state index in [0.29, 0.717) is 4.47 Å². The molecule has 9 heteroatoms. The van der Waals surface area contributed by atoms with Crippen molar-refractivity contribution in [2.75, 3.05) is 6.61 Å². The van der Waals surface area contributed by atoms with E-state index in [1.807, 2.05) is 5.32 Å². The van der Waals surface area contributed by atoms with Gasteiger partial charge in [-0.25, -0.2) is 4.79 Å². The third-order valence-electron chi connectivity index (χ3n) is 2.14. The normalized spacial score (nSPS) is 11.7. The molecule has 1 atom stereocenters. The fourth-order valence-electron chi connectivity index (χ4n) is 1.24. The molecule has 0 spiro atoms. The lowest BCUT2D eigenvalue weighted by Crippen LogP contribution is -2.43. The van der Waals surface area contributed by atoms with E-state index in [2.05, 4.69) is 15.9 Å². The number of rotatable bonds is 5. The number of non-ortho nitro benzene ring substituents is 1. The lowest BCUT2D eigenvalue weighted by Gasteiger charge is -2.11. The summed E-state index contributed by atoms with van der Waals surface area (Å²) in [5.41, 5.74) is -0.392. The van der Waals surface area contributed by atoms with Crippen molar-refractivity contribution in [3.63, 3.8) is 0 Å². The van der Waals surface area contributed by atoms with Crippen LogP contribution in [0.3, 0.4) is 0 Å². The Balaban J connectivity index is 2.99. The molecule has 3 N–H and O–H groups in total. The molecular weight excluding hydrogens is 324 g/mol. The highest BCUT2D eigenvalue weighted by Crippen LogP contribution is 2.21. The summed E-state index contributed by atoms with van der Waals surface area (Å²) in [5.74, 6) is -2.23. The van der Waals surface area contributed by atoms with E-state index in [-0.39, 0.29) is 11.3 Å². The van der Waals surface area contributed by atoms with Crippen LogP contribution in [0.2, 0.25) is 0 Å². The van der Waals surface area contributed by atoms with Crippen LogP contribution >= 0.6 is 15.9 Å². The first kappa shape index (κ1) is 15.1. The van der Waals surface area contributed by atoms with Gasteiger partial charge in [-0.1, -0.05) is 15.9 Å². The molecule has 0 heterocycles. The van der Waals surface area contributed by atoms with Gasteiger partial charge in [0.15, 0.2) is 6.04 Å². The molecule has 1 aromatic carbocycles. The average molecular weight is 333 g/mol. The molecule has 1 amide bonds. The Kier molecular flexibility index (Phi) is 4.95. The quantitative estimate of drug-likeness (QED) is 0.532. The van der Waals surface area contributed by atoms with Gasteiger partial charge in [-0.15, -0.1) is 0 Å². The smallest absolute Gasteiger partial charge is 0.328 e. The van der Waals surface area contributed by atoms with Crippen molar-refractivity contribution in [3.05, 3.63) is 38.3 Å². The van der Waals surface area contributed by atoms with Crippen molar-refractivity contribution in [3.8, 4) is 0 Å². The van der Waals surface area contributed by atoms with Gasteiger partial charge < -0.3 is 15.5 Å². The zero-order valence-electron chi connectivity index (χ0n) is 9.37. The first-order valence-corrected chi connectivity index (χ1v) is 5.74. The number of benzene rings is 1. The van der Waals surface area contributed by atoms with Crippen molar-refractivity contribution in [2.24, 2.45) is 0 Å². The molecule has 102 valence electrons. The van der Waals surface area contributed by atoms with Gasteiger partial charge in [0.1, 0.15) is 0 Å². The third-order valence-corrected chi connectivity index (χ3v) is 2.60. The van der Waals surface area contributed by atoms with Crippen LogP contribution in [0.4, 0.5) is 5.69 Å². The lowest BCUT2D eigenvalue weighted by molar-refractivity contribution is -0.385. The summed E-state index contributed by atoms with van der Waals surface area (Å²) < 4.78 is 0.308. The molecule has 19 heavy (non-hydrogen) atoms. The maximum absolute atomic E-state index is 11.7. The number of nitro groups is 1. The van der Waals surface area contributed by atoms with Gasteiger partial charge in [0, 0.05) is 22.2 Å². The minimum atomic E-state index is -1.47. The van der Waals surface area contributed by atoms with E-state index >= 15 is 0 Å². The number of nitro benzene ring substituents is 1. The van der Waals surface area contributed by atoms with E-state index in [9.17, 15) is 19.7 Å². The number of nitrogens with zero attached hydrogens (tertiary/aromatic N) is 1. The van der Waals surface area contributed by atoms with E-state index in [4.69, 9.17) is 10.2 Å². The number of carbonyl (C=O) groups is 2. The van der Waals surface area contributed by atoms with Gasteiger partial charge in [-0.3, -0.25) is 14.9 Å². The Morgan fingerprint density at radius 1 is 1.42 bits per heavy atom. The first-order chi connectivity index (χ1) is 8.85. The van der Waals surface area contributed by atoms with Crippen LogP contribution in [0.1, 0.15) is 10.4 Å². The molecule has 0 radical (unpaired) electrons. The zero-order chi connectivity index (χ0) is 14.6. The molecule has 0 saturated heterocycles. The van der Waals surface area contributed by atoms with Crippen LogP contribution in [0.25, 0.3) is 0 Å². The van der Waals surface area contributed by atoms with Crippen LogP contribution in [0.15, 0.2) is 22.7 Å². The molecule has 0 fully saturated rings. The highest BCUT2D eigenvalue weighted by Gasteiger charge is 2.21. The number of aliphatic hydroxyl groups excluding tert-OH is 1. The topological polar surface area (TPSA) is 130 Å². The maximum atomic E-state index is 11.7. The summed E-state index contributed by atoms with van der Waals surface area (Å²) in [4.78, 5) is 32.3. The molecule has 1 unspecified atom stereocenters. The summed E-state index contributed by atoms with van der Waals surface area (Å²) >= 11 is 3.01. The number of hydrogen-bond acceptors (Lipinski definition) is 5. The molecular formula is C10H9BrN2O6. The Labute approximate surface area is 115 Å². The van der Waals surface area contributed by atoms with Crippen LogP contribution in [-0.4, -0.2) is 39.7 Å². The standard InChI is InChI=1S/C10H9BrN2O6/c11-6-1-5(2-7(3-6)13(18)19)9(15)12-8(4-14)10(16)17/h1-3,8,14H,4H2,(H,12,15)(H,16,17). The van der Waals surface area contributed by atoms with Gasteiger partial charge in [-0.05, 0) is 6.07 Å². The number of halogens is 1. The number of hydrogen-bond donors (Lipinski definition) is 3. The summed E-state index contributed by atoms with van der Waals surface area (Å²) in [7, 11) is 0. The molecule has 8 nitrogen and oxygen atoms in total. The molecule has 1 rings (SSSR count). The van der Waals surface area contributed by atoms with E-state index in [0.717, 1.165) is 6.07 Å². The first-order valence-electron chi connectivity index (χ1n) is 4.94. The van der Waals surface area contributed by atoms with Crippen LogP contribution in [0, 0.1) is 10.1 Å². The molecule has 0 aliphatic rings. The molecule has 0 saturated carbocycles. The third kappa shape index (κ3) is 4.00. The van der Waals surface area contributed by atoms with Gasteiger partial charge >= 0.3 is 5.97 Å². The Morgan fingerprint density at radius 2 is 2.05 bits per heavy atom. The largest absolute Gasteiger partial charge is 0.480 e. The fraction of sp³-hybridized carbons (Fsp3) is 0.200. The van der Waals surface area contributed by atoms with E-state index in [1.54, 1.807) is 0 Å². The van der Waals surface area contributed by atoms with Gasteiger partial charge in [-0.2, -0.15) is 0 Å².